The Morgan fingerprint density at radius 1 is 1.20 bits per heavy atom. The van der Waals surface area contributed by atoms with Crippen LogP contribution in [0.4, 0.5) is 10.1 Å². The number of nitrogens with one attached hydrogen (secondary N) is 1. The summed E-state index contributed by atoms with van der Waals surface area (Å²) < 4.78 is 19.2. The van der Waals surface area contributed by atoms with Gasteiger partial charge in [-0.1, -0.05) is 30.3 Å². The molecule has 0 bridgehead atoms. The van der Waals surface area contributed by atoms with E-state index in [-0.39, 0.29) is 23.4 Å². The van der Waals surface area contributed by atoms with Crippen molar-refractivity contribution in [1.29, 1.82) is 0 Å². The summed E-state index contributed by atoms with van der Waals surface area (Å²) >= 11 is 0. The van der Waals surface area contributed by atoms with Crippen LogP contribution < -0.4 is 5.32 Å². The lowest BCUT2D eigenvalue weighted by atomic mass is 9.72. The van der Waals surface area contributed by atoms with Crippen molar-refractivity contribution in [2.24, 2.45) is 0 Å². The third kappa shape index (κ3) is 2.51. The third-order valence-corrected chi connectivity index (χ3v) is 6.13. The van der Waals surface area contributed by atoms with Gasteiger partial charge in [-0.25, -0.2) is 9.37 Å². The van der Waals surface area contributed by atoms with Gasteiger partial charge in [-0.05, 0) is 42.7 Å². The van der Waals surface area contributed by atoms with Crippen LogP contribution in [0, 0.1) is 19.7 Å². The van der Waals surface area contributed by atoms with Gasteiger partial charge in [0, 0.05) is 19.2 Å². The highest BCUT2D eigenvalue weighted by Crippen LogP contribution is 2.55. The van der Waals surface area contributed by atoms with E-state index in [1.54, 1.807) is 30.9 Å². The van der Waals surface area contributed by atoms with Crippen LogP contribution in [0.2, 0.25) is 0 Å². The topological polar surface area (TPSA) is 75.4 Å². The van der Waals surface area contributed by atoms with Crippen molar-refractivity contribution >= 4 is 17.5 Å². The Kier molecular flexibility index (Phi) is 4.03. The molecule has 3 heterocycles. The number of aryl methyl sites for hydroxylation is 2. The monoisotopic (exact) mass is 405 g/mol. The van der Waals surface area contributed by atoms with E-state index in [2.05, 4.69) is 10.3 Å². The molecule has 1 saturated heterocycles. The molecular formula is C23H20FN3O3. The second-order valence-electron chi connectivity index (χ2n) is 7.82. The molecule has 2 amide bonds. The molecule has 3 aromatic rings. The van der Waals surface area contributed by atoms with Crippen molar-refractivity contribution in [3.63, 3.8) is 0 Å². The van der Waals surface area contributed by atoms with Crippen LogP contribution in [0.1, 0.15) is 45.7 Å². The largest absolute Gasteiger partial charge is 0.436 e. The van der Waals surface area contributed by atoms with E-state index in [0.717, 1.165) is 11.3 Å². The first kappa shape index (κ1) is 18.5. The van der Waals surface area contributed by atoms with Crippen LogP contribution >= 0.6 is 0 Å². The number of likely N-dealkylation sites (tertiary alicyclic amines) is 1. The minimum absolute atomic E-state index is 0.154. The summed E-state index contributed by atoms with van der Waals surface area (Å²) in [6, 6.07) is 12.9. The molecule has 2 aromatic carbocycles. The number of para-hydroxylation sites is 1. The highest BCUT2D eigenvalue weighted by atomic mass is 19.1. The standard InChI is InChI=1S/C23H20FN3O3/c1-13-19(30-14(2)25-13)21(28)27-12-11-23(20(27)15-7-9-16(24)10-8-15)17-5-3-4-6-18(17)26-22(23)29/h3-10,20H,11-12H2,1-2H3,(H,26,29)/t20-,23+/m0/s1. The zero-order chi connectivity index (χ0) is 21.0. The molecule has 30 heavy (non-hydrogen) atoms. The first-order valence-corrected chi connectivity index (χ1v) is 9.83. The molecule has 6 nitrogen and oxygen atoms in total. The molecule has 0 radical (unpaired) electrons. The lowest BCUT2D eigenvalue weighted by Crippen LogP contribution is -2.42. The van der Waals surface area contributed by atoms with Crippen molar-refractivity contribution in [2.75, 3.05) is 11.9 Å². The number of amides is 2. The Labute approximate surface area is 172 Å². The predicted octanol–water partition coefficient (Wildman–Crippen LogP) is 3.91. The van der Waals surface area contributed by atoms with Gasteiger partial charge in [-0.15, -0.1) is 0 Å². The molecule has 2 aliphatic rings. The Morgan fingerprint density at radius 3 is 2.63 bits per heavy atom. The molecule has 1 spiro atoms. The Hall–Kier alpha value is -3.48. The molecule has 0 aliphatic carbocycles. The van der Waals surface area contributed by atoms with Gasteiger partial charge >= 0.3 is 0 Å². The van der Waals surface area contributed by atoms with E-state index in [9.17, 15) is 14.0 Å². The minimum atomic E-state index is -0.951. The van der Waals surface area contributed by atoms with Crippen molar-refractivity contribution in [3.8, 4) is 0 Å². The van der Waals surface area contributed by atoms with E-state index in [4.69, 9.17) is 4.42 Å². The first-order valence-electron chi connectivity index (χ1n) is 9.83. The number of aromatic nitrogens is 1. The van der Waals surface area contributed by atoms with Crippen LogP contribution in [0.5, 0.6) is 0 Å². The molecule has 2 aliphatic heterocycles. The molecule has 7 heteroatoms. The molecule has 0 unspecified atom stereocenters. The summed E-state index contributed by atoms with van der Waals surface area (Å²) in [6.07, 6.45) is 0.454. The molecule has 0 saturated carbocycles. The number of carbonyl (C=O) groups excluding carboxylic acids is 2. The van der Waals surface area contributed by atoms with Gasteiger partial charge in [0.05, 0.1) is 11.7 Å². The van der Waals surface area contributed by atoms with Gasteiger partial charge in [0.1, 0.15) is 11.2 Å². The van der Waals surface area contributed by atoms with E-state index in [1.807, 2.05) is 24.3 Å². The van der Waals surface area contributed by atoms with Crippen LogP contribution in [-0.4, -0.2) is 28.2 Å². The second-order valence-corrected chi connectivity index (χ2v) is 7.82. The molecule has 5 rings (SSSR count). The van der Waals surface area contributed by atoms with Crippen molar-refractivity contribution in [1.82, 2.24) is 9.88 Å². The van der Waals surface area contributed by atoms with Crippen molar-refractivity contribution < 1.29 is 18.4 Å². The SMILES string of the molecule is Cc1nc(C)c(C(=O)N2CC[C@]3(C(=O)Nc4ccccc43)[C@@H]2c2ccc(F)cc2)o1. The molecule has 1 fully saturated rings. The highest BCUT2D eigenvalue weighted by molar-refractivity contribution is 6.08. The fraction of sp³-hybridized carbons (Fsp3) is 0.261. The minimum Gasteiger partial charge on any atom is -0.436 e. The fourth-order valence-electron chi connectivity index (χ4n) is 4.87. The zero-order valence-electron chi connectivity index (χ0n) is 16.6. The Bertz CT molecular complexity index is 1170. The average Bonchev–Trinajstić information content (AvgIpc) is 3.37. The van der Waals surface area contributed by atoms with Gasteiger partial charge in [0.25, 0.3) is 5.91 Å². The van der Waals surface area contributed by atoms with Gasteiger partial charge in [0.2, 0.25) is 11.7 Å². The molecule has 1 aromatic heterocycles. The normalized spacial score (nSPS) is 22.4. The van der Waals surface area contributed by atoms with Gasteiger partial charge in [-0.2, -0.15) is 0 Å². The Morgan fingerprint density at radius 2 is 1.93 bits per heavy atom. The summed E-state index contributed by atoms with van der Waals surface area (Å²) in [5, 5.41) is 2.97. The van der Waals surface area contributed by atoms with Gasteiger partial charge < -0.3 is 14.6 Å². The van der Waals surface area contributed by atoms with Crippen LogP contribution in [0.15, 0.2) is 52.9 Å². The maximum absolute atomic E-state index is 13.7. The number of carbonyl (C=O) groups is 2. The number of anilines is 1. The summed E-state index contributed by atoms with van der Waals surface area (Å²) in [6.45, 7) is 3.77. The fourth-order valence-corrected chi connectivity index (χ4v) is 4.87. The van der Waals surface area contributed by atoms with Gasteiger partial charge in [0.15, 0.2) is 5.89 Å². The van der Waals surface area contributed by atoms with Crippen molar-refractivity contribution in [2.45, 2.75) is 31.7 Å². The van der Waals surface area contributed by atoms with E-state index in [0.29, 0.717) is 30.1 Å². The van der Waals surface area contributed by atoms with E-state index >= 15 is 0 Å². The Balaban J connectivity index is 1.68. The number of benzene rings is 2. The van der Waals surface area contributed by atoms with Crippen LogP contribution in [0.25, 0.3) is 0 Å². The summed E-state index contributed by atoms with van der Waals surface area (Å²) in [4.78, 5) is 32.7. The van der Waals surface area contributed by atoms with Crippen LogP contribution in [-0.2, 0) is 10.2 Å². The summed E-state index contributed by atoms with van der Waals surface area (Å²) in [5.41, 5.74) is 1.85. The first-order chi connectivity index (χ1) is 14.4. The number of fused-ring (bicyclic) bond motifs is 2. The quantitative estimate of drug-likeness (QED) is 0.702. The highest BCUT2D eigenvalue weighted by Gasteiger charge is 2.59. The predicted molar refractivity (Wildman–Crippen MR) is 108 cm³/mol. The molecule has 1 N–H and O–H groups in total. The molecule has 152 valence electrons. The average molecular weight is 405 g/mol. The summed E-state index contributed by atoms with van der Waals surface area (Å²) in [7, 11) is 0. The van der Waals surface area contributed by atoms with E-state index < -0.39 is 11.5 Å². The molecular weight excluding hydrogens is 385 g/mol. The van der Waals surface area contributed by atoms with E-state index in [1.165, 1.54) is 12.1 Å². The number of rotatable bonds is 2. The third-order valence-electron chi connectivity index (χ3n) is 6.13. The van der Waals surface area contributed by atoms with Crippen molar-refractivity contribution in [3.05, 3.63) is 82.8 Å². The number of nitrogens with zero attached hydrogens (tertiary/aromatic N) is 2. The number of hydrogen-bond donors (Lipinski definition) is 1. The second kappa shape index (κ2) is 6.52. The zero-order valence-corrected chi connectivity index (χ0v) is 16.6. The van der Waals surface area contributed by atoms with Crippen LogP contribution in [0.3, 0.4) is 0 Å². The maximum Gasteiger partial charge on any atom is 0.292 e. The lowest BCUT2D eigenvalue weighted by Gasteiger charge is -2.34. The maximum atomic E-state index is 13.7. The smallest absolute Gasteiger partial charge is 0.292 e. The number of halogens is 1. The number of hydrogen-bond acceptors (Lipinski definition) is 4. The molecule has 2 atom stereocenters. The number of oxazole rings is 1. The summed E-state index contributed by atoms with van der Waals surface area (Å²) in [5.74, 6) is -0.271. The lowest BCUT2D eigenvalue weighted by molar-refractivity contribution is -0.121. The van der Waals surface area contributed by atoms with Gasteiger partial charge in [-0.3, -0.25) is 9.59 Å².